The van der Waals surface area contributed by atoms with Crippen molar-refractivity contribution >= 4 is 29.5 Å². The summed E-state index contributed by atoms with van der Waals surface area (Å²) in [7, 11) is 0. The van der Waals surface area contributed by atoms with Crippen molar-refractivity contribution in [3.05, 3.63) is 0 Å². The number of hydrogen-bond acceptors (Lipinski definition) is 4. The maximum atomic E-state index is 12.0. The summed E-state index contributed by atoms with van der Waals surface area (Å²) in [6.07, 6.45) is 2.77. The molecule has 0 aromatic heterocycles. The Hall–Kier alpha value is -1.24. The number of nitrogens with zero attached hydrogens (tertiary/aromatic N) is 1. The lowest BCUT2D eigenvalue weighted by Crippen LogP contribution is -2.45. The number of carbonyl (C=O) groups excluding carboxylic acids is 2. The molecule has 0 saturated carbocycles. The van der Waals surface area contributed by atoms with Crippen molar-refractivity contribution in [2.45, 2.75) is 24.5 Å². The second-order valence-corrected chi connectivity index (χ2v) is 5.22. The Morgan fingerprint density at radius 3 is 2.47 bits per heavy atom. The lowest BCUT2D eigenvalue weighted by molar-refractivity contribution is -0.145. The van der Waals surface area contributed by atoms with Gasteiger partial charge in [-0.2, -0.15) is 0 Å². The van der Waals surface area contributed by atoms with Crippen LogP contribution in [0.2, 0.25) is 0 Å². The summed E-state index contributed by atoms with van der Waals surface area (Å²) in [6.45, 7) is -0.805. The van der Waals surface area contributed by atoms with Crippen LogP contribution in [0, 0.1) is 0 Å². The van der Waals surface area contributed by atoms with E-state index in [1.807, 2.05) is 0 Å². The van der Waals surface area contributed by atoms with Gasteiger partial charge in [0, 0.05) is 0 Å². The molecule has 6 nitrogen and oxygen atoms in total. The van der Waals surface area contributed by atoms with Crippen LogP contribution in [0.3, 0.4) is 0 Å². The van der Waals surface area contributed by atoms with Gasteiger partial charge in [0.25, 0.3) is 0 Å². The van der Waals surface area contributed by atoms with E-state index >= 15 is 0 Å². The monoisotopic (exact) mass is 260 g/mol. The molecule has 1 rings (SSSR count). The molecule has 0 aliphatic carbocycles. The number of thioether (sulfide) groups is 1. The average Bonchev–Trinajstić information content (AvgIpc) is 2.27. The molecule has 1 fully saturated rings. The van der Waals surface area contributed by atoms with E-state index in [9.17, 15) is 14.4 Å². The van der Waals surface area contributed by atoms with Crippen molar-refractivity contribution in [2.75, 3.05) is 18.8 Å². The molecule has 1 aliphatic heterocycles. The summed E-state index contributed by atoms with van der Waals surface area (Å²) in [4.78, 5) is 34.5. The number of amides is 2. The van der Waals surface area contributed by atoms with Gasteiger partial charge in [-0.15, -0.1) is 11.8 Å². The van der Waals surface area contributed by atoms with Crippen LogP contribution in [-0.4, -0.2) is 51.9 Å². The Labute approximate surface area is 104 Å². The quantitative estimate of drug-likeness (QED) is 0.705. The number of nitrogens with two attached hydrogens (primary N) is 1. The van der Waals surface area contributed by atoms with Gasteiger partial charge < -0.3 is 15.7 Å². The van der Waals surface area contributed by atoms with Crippen molar-refractivity contribution in [3.63, 3.8) is 0 Å². The van der Waals surface area contributed by atoms with Gasteiger partial charge >= 0.3 is 5.97 Å². The number of rotatable bonds is 5. The van der Waals surface area contributed by atoms with Crippen molar-refractivity contribution in [1.29, 1.82) is 0 Å². The summed E-state index contributed by atoms with van der Waals surface area (Å²) in [6, 6.07) is 0. The van der Waals surface area contributed by atoms with Crippen molar-refractivity contribution < 1.29 is 19.5 Å². The lowest BCUT2D eigenvalue weighted by atomic mass is 10.1. The molecule has 0 radical (unpaired) electrons. The predicted molar refractivity (Wildman–Crippen MR) is 63.5 cm³/mol. The third kappa shape index (κ3) is 4.64. The van der Waals surface area contributed by atoms with Gasteiger partial charge in [-0.05, 0) is 18.6 Å². The molecule has 3 N–H and O–H groups in total. The molecule has 96 valence electrons. The second-order valence-electron chi connectivity index (χ2n) is 3.91. The van der Waals surface area contributed by atoms with Crippen LogP contribution in [0.1, 0.15) is 19.3 Å². The van der Waals surface area contributed by atoms with Gasteiger partial charge in [-0.1, -0.05) is 6.42 Å². The molecule has 0 aromatic rings. The molecule has 1 aliphatic rings. The Morgan fingerprint density at radius 1 is 1.29 bits per heavy atom. The normalized spacial score (nSPS) is 19.6. The van der Waals surface area contributed by atoms with Crippen LogP contribution in [0.15, 0.2) is 0 Å². The number of aliphatic carboxylic acids is 1. The zero-order valence-electron chi connectivity index (χ0n) is 9.42. The number of hydrogen-bond donors (Lipinski definition) is 2. The molecule has 7 heteroatoms. The highest BCUT2D eigenvalue weighted by Crippen LogP contribution is 2.26. The fourth-order valence-electron chi connectivity index (χ4n) is 1.70. The molecule has 1 unspecified atom stereocenters. The topological polar surface area (TPSA) is 101 Å². The molecule has 0 spiro atoms. The first-order chi connectivity index (χ1) is 8.00. The van der Waals surface area contributed by atoms with E-state index in [0.717, 1.165) is 29.9 Å². The van der Waals surface area contributed by atoms with Crippen molar-refractivity contribution in [1.82, 2.24) is 4.90 Å². The maximum absolute atomic E-state index is 12.0. The van der Waals surface area contributed by atoms with Crippen LogP contribution >= 0.6 is 11.8 Å². The highest BCUT2D eigenvalue weighted by Gasteiger charge is 2.28. The Balaban J connectivity index is 2.63. The summed E-state index contributed by atoms with van der Waals surface area (Å²) in [5.74, 6) is -1.23. The van der Waals surface area contributed by atoms with E-state index < -0.39 is 18.4 Å². The number of carbonyl (C=O) groups is 3. The molecule has 1 saturated heterocycles. The zero-order chi connectivity index (χ0) is 12.8. The van der Waals surface area contributed by atoms with Gasteiger partial charge in [0.1, 0.15) is 6.54 Å². The SMILES string of the molecule is NC(=O)CN(CC(=O)O)C(=O)C1CCCCS1. The van der Waals surface area contributed by atoms with Gasteiger partial charge in [0.2, 0.25) is 11.8 Å². The second kappa shape index (κ2) is 6.48. The highest BCUT2D eigenvalue weighted by atomic mass is 32.2. The van der Waals surface area contributed by atoms with Crippen molar-refractivity contribution in [3.8, 4) is 0 Å². The molecule has 1 atom stereocenters. The van der Waals surface area contributed by atoms with Crippen molar-refractivity contribution in [2.24, 2.45) is 5.73 Å². The summed E-state index contributed by atoms with van der Waals surface area (Å²) in [5.41, 5.74) is 5.00. The third-order valence-electron chi connectivity index (χ3n) is 2.44. The van der Waals surface area contributed by atoms with Gasteiger partial charge in [0.05, 0.1) is 11.8 Å². The highest BCUT2D eigenvalue weighted by molar-refractivity contribution is 8.00. The molecular formula is C10H16N2O4S. The molecule has 17 heavy (non-hydrogen) atoms. The minimum Gasteiger partial charge on any atom is -0.480 e. The van der Waals surface area contributed by atoms with E-state index in [2.05, 4.69) is 0 Å². The van der Waals surface area contributed by atoms with E-state index in [4.69, 9.17) is 10.8 Å². The standard InChI is InChI=1S/C10H16N2O4S/c11-8(13)5-12(6-9(14)15)10(16)7-3-1-2-4-17-7/h7H,1-6H2,(H2,11,13)(H,14,15). The first-order valence-electron chi connectivity index (χ1n) is 5.41. The zero-order valence-corrected chi connectivity index (χ0v) is 10.2. The van der Waals surface area contributed by atoms with Crippen LogP contribution in [0.5, 0.6) is 0 Å². The molecule has 0 aromatic carbocycles. The largest absolute Gasteiger partial charge is 0.480 e. The van der Waals surface area contributed by atoms with E-state index in [1.54, 1.807) is 0 Å². The fourth-order valence-corrected chi connectivity index (χ4v) is 2.98. The van der Waals surface area contributed by atoms with Crippen LogP contribution in [0.25, 0.3) is 0 Å². The molecule has 0 bridgehead atoms. The van der Waals surface area contributed by atoms with Crippen LogP contribution < -0.4 is 5.73 Å². The van der Waals surface area contributed by atoms with Gasteiger partial charge in [0.15, 0.2) is 0 Å². The summed E-state index contributed by atoms with van der Waals surface area (Å²) >= 11 is 1.52. The fraction of sp³-hybridized carbons (Fsp3) is 0.700. The third-order valence-corrected chi connectivity index (χ3v) is 3.80. The first kappa shape index (κ1) is 13.8. The number of primary amides is 1. The number of carboxylic acid groups (broad SMARTS) is 1. The van der Waals surface area contributed by atoms with Crippen LogP contribution in [0.4, 0.5) is 0 Å². The van der Waals surface area contributed by atoms with Gasteiger partial charge in [-0.25, -0.2) is 0 Å². The Bertz CT molecular complexity index is 299. The summed E-state index contributed by atoms with van der Waals surface area (Å²) in [5, 5.41) is 8.46. The molecule has 1 heterocycles. The van der Waals surface area contributed by atoms with E-state index in [0.29, 0.717) is 0 Å². The first-order valence-corrected chi connectivity index (χ1v) is 6.46. The van der Waals surface area contributed by atoms with Crippen LogP contribution in [-0.2, 0) is 14.4 Å². The maximum Gasteiger partial charge on any atom is 0.323 e. The minimum atomic E-state index is -1.14. The van der Waals surface area contributed by atoms with E-state index in [1.165, 1.54) is 11.8 Å². The lowest BCUT2D eigenvalue weighted by Gasteiger charge is -2.26. The van der Waals surface area contributed by atoms with E-state index in [-0.39, 0.29) is 17.7 Å². The molecular weight excluding hydrogens is 244 g/mol. The Morgan fingerprint density at radius 2 is 2.00 bits per heavy atom. The minimum absolute atomic E-state index is 0.234. The molecule has 2 amide bonds. The predicted octanol–water partition coefficient (Wildman–Crippen LogP) is -0.329. The summed E-state index contributed by atoms with van der Waals surface area (Å²) < 4.78 is 0. The Kier molecular flexibility index (Phi) is 5.27. The average molecular weight is 260 g/mol. The smallest absolute Gasteiger partial charge is 0.323 e. The number of carboxylic acids is 1. The van der Waals surface area contributed by atoms with Gasteiger partial charge in [-0.3, -0.25) is 14.4 Å².